The van der Waals surface area contributed by atoms with E-state index in [1.807, 2.05) is 18.2 Å². The average Bonchev–Trinajstić information content (AvgIpc) is 3.00. The molecule has 1 N–H and O–H groups in total. The number of urea groups is 1. The fourth-order valence-electron chi connectivity index (χ4n) is 4.94. The van der Waals surface area contributed by atoms with Gasteiger partial charge in [-0.25, -0.2) is 9.69 Å². The highest BCUT2D eigenvalue weighted by Crippen LogP contribution is 2.37. The molecule has 1 aromatic carbocycles. The number of nitrogens with zero attached hydrogens (tertiary/aromatic N) is 3. The third kappa shape index (κ3) is 4.60. The van der Waals surface area contributed by atoms with Gasteiger partial charge in [0.25, 0.3) is 5.91 Å². The molecule has 4 rings (SSSR count). The maximum Gasteiger partial charge on any atom is 0.326 e. The van der Waals surface area contributed by atoms with Crippen LogP contribution in [0.5, 0.6) is 0 Å². The first-order valence-electron chi connectivity index (χ1n) is 11.4. The van der Waals surface area contributed by atoms with Crippen LogP contribution in [-0.2, 0) is 4.79 Å². The Morgan fingerprint density at radius 1 is 1.03 bits per heavy atom. The Morgan fingerprint density at radius 3 is 2.37 bits per heavy atom. The molecule has 6 nitrogen and oxygen atoms in total. The van der Waals surface area contributed by atoms with Crippen LogP contribution in [0, 0.1) is 5.92 Å². The number of imide groups is 1. The lowest BCUT2D eigenvalue weighted by Crippen LogP contribution is -2.52. The van der Waals surface area contributed by atoms with Gasteiger partial charge in [-0.05, 0) is 37.2 Å². The summed E-state index contributed by atoms with van der Waals surface area (Å²) in [7, 11) is 0. The highest BCUT2D eigenvalue weighted by molar-refractivity contribution is 6.07. The monoisotopic (exact) mass is 410 g/mol. The Hall–Kier alpha value is -2.18. The van der Waals surface area contributed by atoms with Crippen molar-refractivity contribution in [1.29, 1.82) is 0 Å². The molecule has 6 heteroatoms. The summed E-state index contributed by atoms with van der Waals surface area (Å²) >= 11 is 0. The van der Waals surface area contributed by atoms with Crippen LogP contribution in [0.2, 0.25) is 0 Å². The van der Waals surface area contributed by atoms with Crippen LogP contribution in [0.1, 0.15) is 44.6 Å². The second kappa shape index (κ2) is 9.31. The molecule has 1 spiro atoms. The molecule has 2 heterocycles. The molecule has 3 aliphatic rings. The first-order chi connectivity index (χ1) is 14.6. The van der Waals surface area contributed by atoms with E-state index in [1.165, 1.54) is 10.5 Å². The van der Waals surface area contributed by atoms with E-state index in [9.17, 15) is 9.59 Å². The topological polar surface area (TPSA) is 55.9 Å². The summed E-state index contributed by atoms with van der Waals surface area (Å²) in [6, 6.07) is 10.1. The zero-order valence-corrected chi connectivity index (χ0v) is 18.1. The van der Waals surface area contributed by atoms with E-state index in [4.69, 9.17) is 0 Å². The molecular formula is C24H34N4O2. The molecule has 3 amide bonds. The smallest absolute Gasteiger partial charge is 0.323 e. The van der Waals surface area contributed by atoms with Crippen LogP contribution in [0.15, 0.2) is 36.4 Å². The molecule has 0 atom stereocenters. The highest BCUT2D eigenvalue weighted by Gasteiger charge is 2.52. The molecule has 30 heavy (non-hydrogen) atoms. The SMILES string of the molecule is CCC1CCC2(CC1)NC(=O)N(CN1CCN(CC=Cc3ccccc3)CC1)C2=O. The zero-order chi connectivity index (χ0) is 21.0. The van der Waals surface area contributed by atoms with Crippen LogP contribution in [0.3, 0.4) is 0 Å². The summed E-state index contributed by atoms with van der Waals surface area (Å²) < 4.78 is 0. The fraction of sp³-hybridized carbons (Fsp3) is 0.583. The van der Waals surface area contributed by atoms with Gasteiger partial charge < -0.3 is 5.32 Å². The lowest BCUT2D eigenvalue weighted by molar-refractivity contribution is -0.134. The quantitative estimate of drug-likeness (QED) is 0.732. The Balaban J connectivity index is 1.24. The number of nitrogens with one attached hydrogen (secondary N) is 1. The van der Waals surface area contributed by atoms with Gasteiger partial charge >= 0.3 is 6.03 Å². The molecule has 3 fully saturated rings. The van der Waals surface area contributed by atoms with Crippen molar-refractivity contribution in [2.75, 3.05) is 39.4 Å². The van der Waals surface area contributed by atoms with Crippen molar-refractivity contribution >= 4 is 18.0 Å². The van der Waals surface area contributed by atoms with Crippen LogP contribution < -0.4 is 5.32 Å². The molecule has 0 radical (unpaired) electrons. The van der Waals surface area contributed by atoms with Gasteiger partial charge in [-0.3, -0.25) is 14.6 Å². The third-order valence-electron chi connectivity index (χ3n) is 7.06. The molecule has 1 aliphatic carbocycles. The van der Waals surface area contributed by atoms with Gasteiger partial charge in [0.1, 0.15) is 5.54 Å². The van der Waals surface area contributed by atoms with Crippen LogP contribution in [0.4, 0.5) is 4.79 Å². The summed E-state index contributed by atoms with van der Waals surface area (Å²) in [5.74, 6) is 0.689. The summed E-state index contributed by atoms with van der Waals surface area (Å²) in [5.41, 5.74) is 0.587. The van der Waals surface area contributed by atoms with Crippen molar-refractivity contribution in [2.24, 2.45) is 5.92 Å². The summed E-state index contributed by atoms with van der Waals surface area (Å²) in [6.07, 6.45) is 9.16. The van der Waals surface area contributed by atoms with E-state index in [0.29, 0.717) is 12.6 Å². The Labute approximate surface area is 179 Å². The molecule has 0 unspecified atom stereocenters. The van der Waals surface area contributed by atoms with Gasteiger partial charge in [0.15, 0.2) is 0 Å². The lowest BCUT2D eigenvalue weighted by atomic mass is 9.75. The van der Waals surface area contributed by atoms with Gasteiger partial charge in [-0.2, -0.15) is 0 Å². The van der Waals surface area contributed by atoms with E-state index >= 15 is 0 Å². The first-order valence-corrected chi connectivity index (χ1v) is 11.4. The number of benzene rings is 1. The number of amides is 3. The Bertz CT molecular complexity index is 763. The maximum absolute atomic E-state index is 13.1. The summed E-state index contributed by atoms with van der Waals surface area (Å²) in [5, 5.41) is 3.05. The largest absolute Gasteiger partial charge is 0.326 e. The minimum absolute atomic E-state index is 0.00437. The molecule has 2 aliphatic heterocycles. The van der Waals surface area contributed by atoms with Crippen molar-refractivity contribution in [1.82, 2.24) is 20.0 Å². The predicted octanol–water partition coefficient (Wildman–Crippen LogP) is 3.17. The van der Waals surface area contributed by atoms with Gasteiger partial charge in [0, 0.05) is 32.7 Å². The zero-order valence-electron chi connectivity index (χ0n) is 18.1. The van der Waals surface area contributed by atoms with Gasteiger partial charge in [0.2, 0.25) is 0 Å². The molecule has 1 saturated carbocycles. The van der Waals surface area contributed by atoms with E-state index in [1.54, 1.807) is 0 Å². The van der Waals surface area contributed by atoms with Crippen LogP contribution in [0.25, 0.3) is 6.08 Å². The van der Waals surface area contributed by atoms with Crippen molar-refractivity contribution < 1.29 is 9.59 Å². The molecule has 0 bridgehead atoms. The summed E-state index contributed by atoms with van der Waals surface area (Å²) in [6.45, 7) is 7.20. The second-order valence-corrected chi connectivity index (χ2v) is 8.97. The molecular weight excluding hydrogens is 376 g/mol. The minimum atomic E-state index is -0.632. The Morgan fingerprint density at radius 2 is 1.70 bits per heavy atom. The number of piperazine rings is 1. The van der Waals surface area contributed by atoms with E-state index in [-0.39, 0.29) is 11.9 Å². The van der Waals surface area contributed by atoms with Crippen molar-refractivity contribution in [3.05, 3.63) is 42.0 Å². The van der Waals surface area contributed by atoms with E-state index in [0.717, 1.165) is 64.8 Å². The number of carbonyl (C=O) groups is 2. The van der Waals surface area contributed by atoms with E-state index < -0.39 is 5.54 Å². The predicted molar refractivity (Wildman–Crippen MR) is 119 cm³/mol. The molecule has 1 aromatic rings. The van der Waals surface area contributed by atoms with Crippen LogP contribution in [-0.4, -0.2) is 71.6 Å². The normalized spacial score (nSPS) is 28.6. The second-order valence-electron chi connectivity index (χ2n) is 8.97. The van der Waals surface area contributed by atoms with Gasteiger partial charge in [0.05, 0.1) is 6.67 Å². The summed E-state index contributed by atoms with van der Waals surface area (Å²) in [4.78, 5) is 31.8. The number of hydrogen-bond donors (Lipinski definition) is 1. The molecule has 162 valence electrons. The Kier molecular flexibility index (Phi) is 6.54. The average molecular weight is 411 g/mol. The molecule has 0 aromatic heterocycles. The van der Waals surface area contributed by atoms with Gasteiger partial charge in [-0.15, -0.1) is 0 Å². The first kappa shape index (κ1) is 21.1. The third-order valence-corrected chi connectivity index (χ3v) is 7.06. The number of hydrogen-bond acceptors (Lipinski definition) is 4. The number of rotatable bonds is 6. The standard InChI is InChI=1S/C24H34N4O2/c1-2-20-10-12-24(13-11-20)22(29)28(23(30)25-24)19-27-17-15-26(16-18-27)14-6-9-21-7-4-3-5-8-21/h3-9,20H,2,10-19H2,1H3,(H,25,30). The van der Waals surface area contributed by atoms with Crippen molar-refractivity contribution in [3.63, 3.8) is 0 Å². The highest BCUT2D eigenvalue weighted by atomic mass is 16.2. The van der Waals surface area contributed by atoms with Crippen molar-refractivity contribution in [3.8, 4) is 0 Å². The fourth-order valence-corrected chi connectivity index (χ4v) is 4.94. The maximum atomic E-state index is 13.1. The van der Waals surface area contributed by atoms with E-state index in [2.05, 4.69) is 46.3 Å². The lowest BCUT2D eigenvalue weighted by Gasteiger charge is -2.36. The van der Waals surface area contributed by atoms with Gasteiger partial charge in [-0.1, -0.05) is 55.8 Å². The molecule has 2 saturated heterocycles. The van der Waals surface area contributed by atoms with Crippen molar-refractivity contribution in [2.45, 2.75) is 44.6 Å². The number of carbonyl (C=O) groups excluding carboxylic acids is 2. The van der Waals surface area contributed by atoms with Crippen LogP contribution >= 0.6 is 0 Å². The minimum Gasteiger partial charge on any atom is -0.323 e.